The number of carboxylic acids is 1. The number of aliphatic carboxylic acids is 1. The van der Waals surface area contributed by atoms with Crippen LogP contribution in [0.1, 0.15) is 33.6 Å². The highest BCUT2D eigenvalue weighted by Gasteiger charge is 2.23. The van der Waals surface area contributed by atoms with Gasteiger partial charge in [0.25, 0.3) is 0 Å². The molecule has 16 heavy (non-hydrogen) atoms. The van der Waals surface area contributed by atoms with Crippen molar-refractivity contribution in [3.8, 4) is 0 Å². The minimum absolute atomic E-state index is 0. The molecule has 0 aliphatic rings. The standard InChI is InChI=1S/C10H19NO4.ClH/c1-4-6-8(10(14)15-5-2)11-7(3)9(12)13;/h7-8,11H,4-6H2,1-3H3,(H,12,13);1H. The van der Waals surface area contributed by atoms with Crippen LogP contribution in [0.4, 0.5) is 0 Å². The summed E-state index contributed by atoms with van der Waals surface area (Å²) in [6, 6.07) is -1.27. The number of carbonyl (C=O) groups is 2. The highest BCUT2D eigenvalue weighted by Crippen LogP contribution is 2.01. The van der Waals surface area contributed by atoms with Crippen molar-refractivity contribution in [1.29, 1.82) is 0 Å². The van der Waals surface area contributed by atoms with E-state index in [1.807, 2.05) is 6.92 Å². The van der Waals surface area contributed by atoms with Gasteiger partial charge in [-0.3, -0.25) is 14.9 Å². The van der Waals surface area contributed by atoms with Gasteiger partial charge in [0.05, 0.1) is 6.61 Å². The number of carbonyl (C=O) groups excluding carboxylic acids is 1. The number of esters is 1. The number of halogens is 1. The molecule has 0 amide bonds. The molecular formula is C10H20ClNO4. The van der Waals surface area contributed by atoms with Crippen LogP contribution in [-0.2, 0) is 14.3 Å². The quantitative estimate of drug-likeness (QED) is 0.667. The highest BCUT2D eigenvalue weighted by molar-refractivity contribution is 5.85. The normalized spacial score (nSPS) is 13.4. The molecule has 0 radical (unpaired) electrons. The van der Waals surface area contributed by atoms with E-state index in [-0.39, 0.29) is 18.4 Å². The Balaban J connectivity index is 0. The number of hydrogen-bond donors (Lipinski definition) is 2. The van der Waals surface area contributed by atoms with Gasteiger partial charge in [0.15, 0.2) is 0 Å². The monoisotopic (exact) mass is 253 g/mol. The highest BCUT2D eigenvalue weighted by atomic mass is 35.5. The number of rotatable bonds is 7. The molecule has 0 rings (SSSR count). The number of carboxylic acid groups (broad SMARTS) is 1. The molecule has 0 aliphatic heterocycles. The first kappa shape index (κ1) is 17.6. The van der Waals surface area contributed by atoms with E-state index in [1.165, 1.54) is 6.92 Å². The van der Waals surface area contributed by atoms with Crippen molar-refractivity contribution in [2.75, 3.05) is 6.61 Å². The maximum absolute atomic E-state index is 11.4. The SMILES string of the molecule is CCCC(NC(C)C(=O)O)C(=O)OCC.Cl. The zero-order valence-corrected chi connectivity index (χ0v) is 10.7. The van der Waals surface area contributed by atoms with Crippen LogP contribution >= 0.6 is 12.4 Å². The van der Waals surface area contributed by atoms with Crippen LogP contribution in [0.2, 0.25) is 0 Å². The van der Waals surface area contributed by atoms with Crippen LogP contribution in [0.25, 0.3) is 0 Å². The Kier molecular flexibility index (Phi) is 10.3. The summed E-state index contributed by atoms with van der Waals surface area (Å²) in [7, 11) is 0. The Bertz CT molecular complexity index is 223. The predicted molar refractivity (Wildman–Crippen MR) is 62.8 cm³/mol. The van der Waals surface area contributed by atoms with E-state index in [0.29, 0.717) is 13.0 Å². The molecular weight excluding hydrogens is 234 g/mol. The lowest BCUT2D eigenvalue weighted by atomic mass is 10.1. The van der Waals surface area contributed by atoms with Crippen molar-refractivity contribution < 1.29 is 19.4 Å². The maximum atomic E-state index is 11.4. The van der Waals surface area contributed by atoms with E-state index >= 15 is 0 Å². The lowest BCUT2D eigenvalue weighted by molar-refractivity contribution is -0.147. The number of hydrogen-bond acceptors (Lipinski definition) is 4. The molecule has 0 heterocycles. The van der Waals surface area contributed by atoms with Crippen LogP contribution in [0, 0.1) is 0 Å². The maximum Gasteiger partial charge on any atom is 0.323 e. The molecule has 0 fully saturated rings. The molecule has 0 aliphatic carbocycles. The molecule has 0 aromatic carbocycles. The first-order chi connectivity index (χ1) is 7.02. The molecule has 96 valence electrons. The van der Waals surface area contributed by atoms with Gasteiger partial charge in [-0.05, 0) is 20.3 Å². The number of ether oxygens (including phenoxy) is 1. The minimum Gasteiger partial charge on any atom is -0.480 e. The summed E-state index contributed by atoms with van der Waals surface area (Å²) in [6.07, 6.45) is 1.37. The molecule has 0 aromatic heterocycles. The van der Waals surface area contributed by atoms with Crippen molar-refractivity contribution in [3.63, 3.8) is 0 Å². The molecule has 0 bridgehead atoms. The lowest BCUT2D eigenvalue weighted by Gasteiger charge is -2.18. The van der Waals surface area contributed by atoms with E-state index in [9.17, 15) is 9.59 Å². The average molecular weight is 254 g/mol. The summed E-state index contributed by atoms with van der Waals surface area (Å²) in [6.45, 7) is 5.47. The summed E-state index contributed by atoms with van der Waals surface area (Å²) in [5.74, 6) is -1.35. The summed E-state index contributed by atoms with van der Waals surface area (Å²) < 4.78 is 4.84. The summed E-state index contributed by atoms with van der Waals surface area (Å²) in [4.78, 5) is 22.0. The molecule has 6 heteroatoms. The lowest BCUT2D eigenvalue weighted by Crippen LogP contribution is -2.46. The minimum atomic E-state index is -0.972. The Morgan fingerprint density at radius 2 is 1.94 bits per heavy atom. The van der Waals surface area contributed by atoms with Gasteiger partial charge in [0.1, 0.15) is 12.1 Å². The molecule has 0 saturated heterocycles. The number of nitrogens with one attached hydrogen (secondary N) is 1. The second-order valence-corrected chi connectivity index (χ2v) is 3.32. The van der Waals surface area contributed by atoms with Gasteiger partial charge in [-0.25, -0.2) is 0 Å². The third kappa shape index (κ3) is 6.63. The van der Waals surface area contributed by atoms with Gasteiger partial charge in [-0.2, -0.15) is 0 Å². The largest absolute Gasteiger partial charge is 0.480 e. The van der Waals surface area contributed by atoms with Gasteiger partial charge >= 0.3 is 11.9 Å². The first-order valence-electron chi connectivity index (χ1n) is 5.18. The topological polar surface area (TPSA) is 75.6 Å². The molecule has 2 unspecified atom stereocenters. The van der Waals surface area contributed by atoms with Gasteiger partial charge in [-0.15, -0.1) is 12.4 Å². The van der Waals surface area contributed by atoms with Gasteiger partial charge in [0.2, 0.25) is 0 Å². The van der Waals surface area contributed by atoms with Crippen molar-refractivity contribution in [1.82, 2.24) is 5.32 Å². The zero-order valence-electron chi connectivity index (χ0n) is 9.86. The summed E-state index contributed by atoms with van der Waals surface area (Å²) >= 11 is 0. The second kappa shape index (κ2) is 9.42. The second-order valence-electron chi connectivity index (χ2n) is 3.32. The van der Waals surface area contributed by atoms with Gasteiger partial charge in [-0.1, -0.05) is 13.3 Å². The fraction of sp³-hybridized carbons (Fsp3) is 0.800. The van der Waals surface area contributed by atoms with Crippen LogP contribution in [0.3, 0.4) is 0 Å². The molecule has 0 spiro atoms. The van der Waals surface area contributed by atoms with Crippen molar-refractivity contribution >= 4 is 24.3 Å². The Morgan fingerprint density at radius 1 is 1.38 bits per heavy atom. The smallest absolute Gasteiger partial charge is 0.323 e. The average Bonchev–Trinajstić information content (AvgIpc) is 2.17. The van der Waals surface area contributed by atoms with Crippen LogP contribution < -0.4 is 5.32 Å². The fourth-order valence-corrected chi connectivity index (χ4v) is 1.17. The fourth-order valence-electron chi connectivity index (χ4n) is 1.17. The molecule has 5 nitrogen and oxygen atoms in total. The summed E-state index contributed by atoms with van der Waals surface area (Å²) in [5.41, 5.74) is 0. The third-order valence-corrected chi connectivity index (χ3v) is 1.97. The van der Waals surface area contributed by atoms with Gasteiger partial charge < -0.3 is 9.84 Å². The summed E-state index contributed by atoms with van der Waals surface area (Å²) in [5, 5.41) is 11.4. The van der Waals surface area contributed by atoms with Crippen molar-refractivity contribution in [3.05, 3.63) is 0 Å². The van der Waals surface area contributed by atoms with Crippen LogP contribution in [0.15, 0.2) is 0 Å². The predicted octanol–water partition coefficient (Wildman–Crippen LogP) is 1.20. The molecule has 2 atom stereocenters. The van der Waals surface area contributed by atoms with Gasteiger partial charge in [0, 0.05) is 0 Å². The van der Waals surface area contributed by atoms with E-state index in [0.717, 1.165) is 6.42 Å². The first-order valence-corrected chi connectivity index (χ1v) is 5.18. The Morgan fingerprint density at radius 3 is 2.31 bits per heavy atom. The van der Waals surface area contributed by atoms with Crippen LogP contribution in [0.5, 0.6) is 0 Å². The van der Waals surface area contributed by atoms with Crippen molar-refractivity contribution in [2.24, 2.45) is 0 Å². The van der Waals surface area contributed by atoms with E-state index in [4.69, 9.17) is 9.84 Å². The third-order valence-electron chi connectivity index (χ3n) is 1.97. The van der Waals surface area contributed by atoms with E-state index in [2.05, 4.69) is 5.32 Å². The van der Waals surface area contributed by atoms with E-state index in [1.54, 1.807) is 6.92 Å². The van der Waals surface area contributed by atoms with Crippen LogP contribution in [-0.4, -0.2) is 35.7 Å². The van der Waals surface area contributed by atoms with Crippen molar-refractivity contribution in [2.45, 2.75) is 45.7 Å². The molecule has 0 aromatic rings. The Hall–Kier alpha value is -0.810. The molecule has 0 saturated carbocycles. The molecule has 2 N–H and O–H groups in total. The zero-order chi connectivity index (χ0) is 11.8. The van der Waals surface area contributed by atoms with E-state index < -0.39 is 18.1 Å². The Labute approximate surface area is 102 Å².